The first kappa shape index (κ1) is 19.5. The van der Waals surface area contributed by atoms with Gasteiger partial charge in [-0.25, -0.2) is 4.79 Å². The van der Waals surface area contributed by atoms with Crippen molar-refractivity contribution in [2.75, 3.05) is 25.1 Å². The Labute approximate surface area is 161 Å². The van der Waals surface area contributed by atoms with Crippen molar-refractivity contribution in [1.29, 1.82) is 0 Å². The number of nitrogens with zero attached hydrogens (tertiary/aromatic N) is 2. The SMILES string of the molecule is COc1ccc(N(CC2CC2)C(=O)C2CCN(C(=O)O)C2C(C)(C)C)cc1. The van der Waals surface area contributed by atoms with E-state index in [0.717, 1.165) is 24.3 Å². The Hall–Kier alpha value is -2.24. The van der Waals surface area contributed by atoms with E-state index in [1.807, 2.05) is 49.9 Å². The van der Waals surface area contributed by atoms with E-state index in [1.165, 1.54) is 4.90 Å². The molecule has 0 aromatic heterocycles. The van der Waals surface area contributed by atoms with Crippen LogP contribution < -0.4 is 9.64 Å². The topological polar surface area (TPSA) is 70.1 Å². The van der Waals surface area contributed by atoms with Gasteiger partial charge in [0.05, 0.1) is 19.1 Å². The normalized spacial score (nSPS) is 22.6. The molecule has 2 atom stereocenters. The van der Waals surface area contributed by atoms with E-state index in [2.05, 4.69) is 0 Å². The summed E-state index contributed by atoms with van der Waals surface area (Å²) in [7, 11) is 1.62. The van der Waals surface area contributed by atoms with Crippen molar-refractivity contribution < 1.29 is 19.4 Å². The Morgan fingerprint density at radius 3 is 2.30 bits per heavy atom. The second-order valence-electron chi connectivity index (χ2n) is 8.77. The van der Waals surface area contributed by atoms with Gasteiger partial charge in [0.15, 0.2) is 0 Å². The highest BCUT2D eigenvalue weighted by molar-refractivity contribution is 5.96. The molecule has 1 aliphatic heterocycles. The largest absolute Gasteiger partial charge is 0.497 e. The van der Waals surface area contributed by atoms with Crippen molar-refractivity contribution >= 4 is 17.7 Å². The molecule has 2 amide bonds. The minimum Gasteiger partial charge on any atom is -0.497 e. The lowest BCUT2D eigenvalue weighted by atomic mass is 9.78. The maximum Gasteiger partial charge on any atom is 0.407 e. The van der Waals surface area contributed by atoms with Crippen molar-refractivity contribution in [3.63, 3.8) is 0 Å². The van der Waals surface area contributed by atoms with Crippen LogP contribution in [0.15, 0.2) is 24.3 Å². The molecule has 148 valence electrons. The highest BCUT2D eigenvalue weighted by atomic mass is 16.5. The fourth-order valence-corrected chi connectivity index (χ4v) is 4.18. The lowest BCUT2D eigenvalue weighted by molar-refractivity contribution is -0.124. The van der Waals surface area contributed by atoms with Gasteiger partial charge in [0.2, 0.25) is 5.91 Å². The number of carbonyl (C=O) groups is 2. The molecule has 1 saturated carbocycles. The van der Waals surface area contributed by atoms with Crippen LogP contribution in [-0.2, 0) is 4.79 Å². The van der Waals surface area contributed by atoms with Crippen molar-refractivity contribution in [3.8, 4) is 5.75 Å². The van der Waals surface area contributed by atoms with Gasteiger partial charge in [-0.3, -0.25) is 4.79 Å². The molecule has 2 unspecified atom stereocenters. The average molecular weight is 374 g/mol. The van der Waals surface area contributed by atoms with Gasteiger partial charge in [0, 0.05) is 18.8 Å². The van der Waals surface area contributed by atoms with Gasteiger partial charge in [0.25, 0.3) is 0 Å². The number of ether oxygens (including phenoxy) is 1. The van der Waals surface area contributed by atoms with Gasteiger partial charge in [-0.05, 0) is 54.9 Å². The van der Waals surface area contributed by atoms with E-state index >= 15 is 0 Å². The maximum absolute atomic E-state index is 13.6. The third-order valence-corrected chi connectivity index (χ3v) is 5.64. The first-order valence-electron chi connectivity index (χ1n) is 9.67. The van der Waals surface area contributed by atoms with Crippen molar-refractivity contribution in [3.05, 3.63) is 24.3 Å². The van der Waals surface area contributed by atoms with E-state index in [1.54, 1.807) is 7.11 Å². The molecular formula is C21H30N2O4. The second kappa shape index (κ2) is 7.41. The van der Waals surface area contributed by atoms with Crippen LogP contribution in [0.5, 0.6) is 5.75 Å². The number of amides is 2. The molecule has 2 fully saturated rings. The smallest absolute Gasteiger partial charge is 0.407 e. The molecular weight excluding hydrogens is 344 g/mol. The van der Waals surface area contributed by atoms with Crippen LogP contribution in [0.25, 0.3) is 0 Å². The standard InChI is InChI=1S/C21H30N2O4/c1-21(2,3)18-17(11-12-22(18)20(25)26)19(24)23(13-14-5-6-14)15-7-9-16(27-4)10-8-15/h7-10,14,17-18H,5-6,11-13H2,1-4H3,(H,25,26). The highest BCUT2D eigenvalue weighted by Gasteiger charge is 2.48. The molecule has 1 aromatic carbocycles. The predicted molar refractivity (Wildman–Crippen MR) is 104 cm³/mol. The molecule has 1 heterocycles. The monoisotopic (exact) mass is 374 g/mol. The molecule has 3 rings (SSSR count). The molecule has 1 saturated heterocycles. The maximum atomic E-state index is 13.6. The molecule has 2 aliphatic rings. The summed E-state index contributed by atoms with van der Waals surface area (Å²) in [6.07, 6.45) is 1.93. The molecule has 1 aromatic rings. The Balaban J connectivity index is 1.89. The minimum absolute atomic E-state index is 0.0377. The molecule has 0 radical (unpaired) electrons. The minimum atomic E-state index is -0.941. The highest BCUT2D eigenvalue weighted by Crippen LogP contribution is 2.40. The number of benzene rings is 1. The summed E-state index contributed by atoms with van der Waals surface area (Å²) in [6, 6.07) is 7.23. The zero-order valence-corrected chi connectivity index (χ0v) is 16.6. The van der Waals surface area contributed by atoms with Crippen LogP contribution in [0.4, 0.5) is 10.5 Å². The molecule has 27 heavy (non-hydrogen) atoms. The number of carboxylic acid groups (broad SMARTS) is 1. The van der Waals surface area contributed by atoms with E-state index in [9.17, 15) is 14.7 Å². The third kappa shape index (κ3) is 4.20. The lowest BCUT2D eigenvalue weighted by Gasteiger charge is -2.38. The Kier molecular flexibility index (Phi) is 5.36. The Morgan fingerprint density at radius 2 is 1.81 bits per heavy atom. The summed E-state index contributed by atoms with van der Waals surface area (Å²) >= 11 is 0. The van der Waals surface area contributed by atoms with E-state index in [-0.39, 0.29) is 23.3 Å². The lowest BCUT2D eigenvalue weighted by Crippen LogP contribution is -2.50. The summed E-state index contributed by atoms with van der Waals surface area (Å²) in [5.41, 5.74) is 0.550. The van der Waals surface area contributed by atoms with Gasteiger partial charge in [0.1, 0.15) is 5.75 Å². The molecule has 0 spiro atoms. The Morgan fingerprint density at radius 1 is 1.19 bits per heavy atom. The van der Waals surface area contributed by atoms with Crippen LogP contribution in [0.1, 0.15) is 40.0 Å². The van der Waals surface area contributed by atoms with Crippen molar-refractivity contribution in [1.82, 2.24) is 4.90 Å². The second-order valence-corrected chi connectivity index (χ2v) is 8.77. The van der Waals surface area contributed by atoms with Gasteiger partial charge < -0.3 is 19.6 Å². The molecule has 6 nitrogen and oxygen atoms in total. The van der Waals surface area contributed by atoms with Gasteiger partial charge >= 0.3 is 6.09 Å². The van der Waals surface area contributed by atoms with Crippen molar-refractivity contribution in [2.45, 2.75) is 46.1 Å². The van der Waals surface area contributed by atoms with Crippen LogP contribution in [0.2, 0.25) is 0 Å². The number of hydrogen-bond acceptors (Lipinski definition) is 3. The zero-order valence-electron chi connectivity index (χ0n) is 16.6. The number of anilines is 1. The fourth-order valence-electron chi connectivity index (χ4n) is 4.18. The summed E-state index contributed by atoms with van der Waals surface area (Å²) in [5.74, 6) is 1.02. The summed E-state index contributed by atoms with van der Waals surface area (Å²) in [6.45, 7) is 7.15. The number of hydrogen-bond donors (Lipinski definition) is 1. The van der Waals surface area contributed by atoms with E-state index < -0.39 is 6.09 Å². The summed E-state index contributed by atoms with van der Waals surface area (Å²) in [5, 5.41) is 9.60. The third-order valence-electron chi connectivity index (χ3n) is 5.64. The molecule has 6 heteroatoms. The van der Waals surface area contributed by atoms with Crippen LogP contribution in [-0.4, -0.2) is 48.2 Å². The van der Waals surface area contributed by atoms with E-state index in [0.29, 0.717) is 25.4 Å². The summed E-state index contributed by atoms with van der Waals surface area (Å²) in [4.78, 5) is 28.6. The number of rotatable bonds is 5. The van der Waals surface area contributed by atoms with Gasteiger partial charge in [-0.1, -0.05) is 20.8 Å². The summed E-state index contributed by atoms with van der Waals surface area (Å²) < 4.78 is 5.23. The average Bonchev–Trinajstić information content (AvgIpc) is 3.31. The Bertz CT molecular complexity index is 691. The van der Waals surface area contributed by atoms with Crippen LogP contribution >= 0.6 is 0 Å². The molecule has 1 aliphatic carbocycles. The zero-order chi connectivity index (χ0) is 19.8. The first-order chi connectivity index (χ1) is 12.7. The van der Waals surface area contributed by atoms with Gasteiger partial charge in [-0.15, -0.1) is 0 Å². The predicted octanol–water partition coefficient (Wildman–Crippen LogP) is 3.85. The molecule has 1 N–H and O–H groups in total. The molecule has 0 bridgehead atoms. The van der Waals surface area contributed by atoms with Crippen LogP contribution in [0, 0.1) is 17.3 Å². The van der Waals surface area contributed by atoms with Gasteiger partial charge in [-0.2, -0.15) is 0 Å². The van der Waals surface area contributed by atoms with Crippen molar-refractivity contribution in [2.24, 2.45) is 17.3 Å². The number of likely N-dealkylation sites (tertiary alicyclic amines) is 1. The quantitative estimate of drug-likeness (QED) is 0.850. The van der Waals surface area contributed by atoms with E-state index in [4.69, 9.17) is 4.74 Å². The fraction of sp³-hybridized carbons (Fsp3) is 0.619. The van der Waals surface area contributed by atoms with Crippen LogP contribution in [0.3, 0.4) is 0 Å². The number of carbonyl (C=O) groups excluding carboxylic acids is 1. The number of methoxy groups -OCH3 is 1. The first-order valence-corrected chi connectivity index (χ1v) is 9.67.